The van der Waals surface area contributed by atoms with E-state index in [2.05, 4.69) is 0 Å². The third-order valence-electron chi connectivity index (χ3n) is 1.44. The minimum absolute atomic E-state index is 0.215. The van der Waals surface area contributed by atoms with Gasteiger partial charge in [-0.05, 0) is 17.7 Å². The molecule has 0 aromatic heterocycles. The lowest BCUT2D eigenvalue weighted by Crippen LogP contribution is -2.13. The molecule has 1 rings (SSSR count). The van der Waals surface area contributed by atoms with Gasteiger partial charge in [-0.1, -0.05) is 12.1 Å². The Hall–Kier alpha value is -1.20. The third-order valence-corrected chi connectivity index (χ3v) is 1.70. The first-order chi connectivity index (χ1) is 6.22. The first-order valence-electron chi connectivity index (χ1n) is 3.57. The van der Waals surface area contributed by atoms with Gasteiger partial charge < -0.3 is 9.92 Å². The van der Waals surface area contributed by atoms with E-state index in [1.165, 1.54) is 0 Å². The van der Waals surface area contributed by atoms with Crippen LogP contribution in [-0.2, 0) is 11.2 Å². The molecule has 0 saturated heterocycles. The van der Waals surface area contributed by atoms with E-state index in [4.69, 9.17) is 14.5 Å². The average Bonchev–Trinajstić information content (AvgIpc) is 2.08. The van der Waals surface area contributed by atoms with Gasteiger partial charge in [0.05, 0.1) is 6.42 Å². The van der Waals surface area contributed by atoms with Crippen LogP contribution in [0.3, 0.4) is 0 Å². The fourth-order valence-corrected chi connectivity index (χ4v) is 1.10. The zero-order valence-corrected chi connectivity index (χ0v) is 7.58. The number of nitrogens with two attached hydrogens (primary N) is 1. The van der Waals surface area contributed by atoms with Gasteiger partial charge in [-0.25, -0.2) is 0 Å². The lowest BCUT2D eigenvalue weighted by Gasteiger charge is -2.00. The van der Waals surface area contributed by atoms with Gasteiger partial charge in [-0.3, -0.25) is 9.35 Å². The summed E-state index contributed by atoms with van der Waals surface area (Å²) >= 11 is 0.283. The molecule has 0 radical (unpaired) electrons. The largest absolute Gasteiger partial charge is 0.401 e. The van der Waals surface area contributed by atoms with Crippen molar-refractivity contribution < 1.29 is 13.5 Å². The van der Waals surface area contributed by atoms with Crippen LogP contribution >= 0.6 is 12.3 Å². The Kier molecular flexibility index (Phi) is 3.60. The molecular formula is C8H9NO3S. The predicted octanol–water partition coefficient (Wildman–Crippen LogP) is 1.21. The first kappa shape index (κ1) is 9.88. The van der Waals surface area contributed by atoms with Crippen molar-refractivity contribution in [3.05, 3.63) is 29.8 Å². The Morgan fingerprint density at radius 2 is 2.08 bits per heavy atom. The summed E-state index contributed by atoms with van der Waals surface area (Å²) in [6, 6.07) is 6.75. The Labute approximate surface area is 80.1 Å². The van der Waals surface area contributed by atoms with Crippen molar-refractivity contribution in [2.45, 2.75) is 6.42 Å². The van der Waals surface area contributed by atoms with Crippen LogP contribution in [0.5, 0.6) is 5.75 Å². The molecule has 0 aliphatic rings. The quantitative estimate of drug-likeness (QED) is 0.715. The predicted molar refractivity (Wildman–Crippen MR) is 50.2 cm³/mol. The van der Waals surface area contributed by atoms with Gasteiger partial charge in [0.1, 0.15) is 5.75 Å². The summed E-state index contributed by atoms with van der Waals surface area (Å²) in [6.45, 7) is 0. The van der Waals surface area contributed by atoms with E-state index in [1.54, 1.807) is 24.3 Å². The molecule has 1 amide bonds. The van der Waals surface area contributed by atoms with E-state index in [0.29, 0.717) is 5.75 Å². The number of benzene rings is 1. The van der Waals surface area contributed by atoms with Crippen molar-refractivity contribution >= 4 is 18.2 Å². The van der Waals surface area contributed by atoms with Crippen LogP contribution in [-0.4, -0.2) is 10.5 Å². The molecule has 0 fully saturated rings. The smallest absolute Gasteiger partial charge is 0.222 e. The highest BCUT2D eigenvalue weighted by atomic mass is 32.2. The first-order valence-corrected chi connectivity index (χ1v) is 4.27. The Balaban J connectivity index is 2.64. The fourth-order valence-electron chi connectivity index (χ4n) is 0.907. The molecule has 0 spiro atoms. The number of rotatable bonds is 4. The highest BCUT2D eigenvalue weighted by Crippen LogP contribution is 2.15. The van der Waals surface area contributed by atoms with Crippen LogP contribution < -0.4 is 9.92 Å². The summed E-state index contributed by atoms with van der Waals surface area (Å²) < 4.78 is 13.1. The molecule has 1 aromatic carbocycles. The van der Waals surface area contributed by atoms with Crippen LogP contribution in [0.1, 0.15) is 5.56 Å². The second kappa shape index (κ2) is 4.74. The van der Waals surface area contributed by atoms with Gasteiger partial charge in [0.15, 0.2) is 0 Å². The van der Waals surface area contributed by atoms with Gasteiger partial charge >= 0.3 is 0 Å². The molecule has 5 heteroatoms. The minimum Gasteiger partial charge on any atom is -0.401 e. The molecule has 0 bridgehead atoms. The number of hydrogen-bond acceptors (Lipinski definition) is 4. The van der Waals surface area contributed by atoms with Crippen molar-refractivity contribution in [3.63, 3.8) is 0 Å². The van der Waals surface area contributed by atoms with E-state index in [0.717, 1.165) is 5.56 Å². The molecule has 3 N–H and O–H groups in total. The van der Waals surface area contributed by atoms with Crippen molar-refractivity contribution in [1.82, 2.24) is 0 Å². The van der Waals surface area contributed by atoms with E-state index in [-0.39, 0.29) is 24.7 Å². The molecule has 70 valence electrons. The standard InChI is InChI=1S/C8H9NO3S/c9-8(10)5-6-1-3-7(4-2-6)12-13-11/h1-4,11H,5H2,(H2,9,10). The lowest BCUT2D eigenvalue weighted by molar-refractivity contribution is -0.117. The molecule has 13 heavy (non-hydrogen) atoms. The van der Waals surface area contributed by atoms with Gasteiger partial charge in [-0.15, -0.1) is 0 Å². The molecule has 0 unspecified atom stereocenters. The van der Waals surface area contributed by atoms with Crippen LogP contribution in [0.15, 0.2) is 24.3 Å². The van der Waals surface area contributed by atoms with Crippen LogP contribution in [0.25, 0.3) is 0 Å². The van der Waals surface area contributed by atoms with Crippen molar-refractivity contribution in [3.8, 4) is 5.75 Å². The lowest BCUT2D eigenvalue weighted by atomic mass is 10.1. The van der Waals surface area contributed by atoms with Gasteiger partial charge in [0.25, 0.3) is 0 Å². The summed E-state index contributed by atoms with van der Waals surface area (Å²) in [5.74, 6) is 0.158. The fraction of sp³-hybridized carbons (Fsp3) is 0.125. The van der Waals surface area contributed by atoms with Gasteiger partial charge in [0.2, 0.25) is 18.2 Å². The Bertz CT molecular complexity index is 286. The molecule has 0 aliphatic carbocycles. The Morgan fingerprint density at radius 3 is 2.54 bits per heavy atom. The number of carbonyl (C=O) groups is 1. The average molecular weight is 199 g/mol. The van der Waals surface area contributed by atoms with Crippen molar-refractivity contribution in [2.75, 3.05) is 0 Å². The molecule has 0 saturated carbocycles. The maximum Gasteiger partial charge on any atom is 0.222 e. The van der Waals surface area contributed by atoms with E-state index in [9.17, 15) is 4.79 Å². The summed E-state index contributed by atoms with van der Waals surface area (Å²) in [4.78, 5) is 10.5. The normalized spacial score (nSPS) is 9.62. The zero-order valence-electron chi connectivity index (χ0n) is 6.77. The summed E-state index contributed by atoms with van der Waals surface area (Å²) in [7, 11) is 0. The van der Waals surface area contributed by atoms with Crippen LogP contribution in [0.4, 0.5) is 0 Å². The second-order valence-corrected chi connectivity index (χ2v) is 2.76. The van der Waals surface area contributed by atoms with E-state index < -0.39 is 0 Å². The molecule has 4 nitrogen and oxygen atoms in total. The van der Waals surface area contributed by atoms with Crippen molar-refractivity contribution in [2.24, 2.45) is 5.73 Å². The molecule has 0 heterocycles. The minimum atomic E-state index is -0.370. The van der Waals surface area contributed by atoms with Gasteiger partial charge in [0, 0.05) is 0 Å². The maximum absolute atomic E-state index is 10.5. The molecule has 0 aliphatic heterocycles. The van der Waals surface area contributed by atoms with Crippen LogP contribution in [0, 0.1) is 0 Å². The topological polar surface area (TPSA) is 72.6 Å². The highest BCUT2D eigenvalue weighted by Gasteiger charge is 1.98. The van der Waals surface area contributed by atoms with Crippen molar-refractivity contribution in [1.29, 1.82) is 0 Å². The molecule has 0 atom stereocenters. The third kappa shape index (κ3) is 3.35. The van der Waals surface area contributed by atoms with E-state index >= 15 is 0 Å². The van der Waals surface area contributed by atoms with Crippen LogP contribution in [0.2, 0.25) is 0 Å². The number of hydrogen-bond donors (Lipinski definition) is 2. The van der Waals surface area contributed by atoms with E-state index in [1.807, 2.05) is 0 Å². The number of carbonyl (C=O) groups excluding carboxylic acids is 1. The monoisotopic (exact) mass is 199 g/mol. The number of amides is 1. The van der Waals surface area contributed by atoms with Gasteiger partial charge in [-0.2, -0.15) is 0 Å². The maximum atomic E-state index is 10.5. The summed E-state index contributed by atoms with van der Waals surface area (Å²) in [5, 5.41) is 0. The zero-order chi connectivity index (χ0) is 9.68. The summed E-state index contributed by atoms with van der Waals surface area (Å²) in [6.07, 6.45) is 0.215. The SMILES string of the molecule is NC(=O)Cc1ccc(OSO)cc1. The highest BCUT2D eigenvalue weighted by molar-refractivity contribution is 7.89. The second-order valence-electron chi connectivity index (χ2n) is 2.44. The molecule has 1 aromatic rings. The Morgan fingerprint density at radius 1 is 1.46 bits per heavy atom. The summed E-state index contributed by atoms with van der Waals surface area (Å²) in [5.41, 5.74) is 5.83. The number of primary amides is 1. The molecular weight excluding hydrogens is 190 g/mol.